The number of nitrogens with zero attached hydrogens (tertiary/aromatic N) is 1. The molecule has 0 heterocycles. The summed E-state index contributed by atoms with van der Waals surface area (Å²) in [4.78, 5) is 10.1. The maximum atomic E-state index is 10.5. The lowest BCUT2D eigenvalue weighted by Crippen LogP contribution is -1.92. The van der Waals surface area contributed by atoms with E-state index in [1.54, 1.807) is 42.5 Å². The van der Waals surface area contributed by atoms with Crippen LogP contribution in [-0.4, -0.2) is 11.5 Å². The summed E-state index contributed by atoms with van der Waals surface area (Å²) in [6, 6.07) is 13.0. The van der Waals surface area contributed by atoms with Crippen LogP contribution in [0.2, 0.25) is 0 Å². The lowest BCUT2D eigenvalue weighted by Gasteiger charge is -2.07. The van der Waals surface area contributed by atoms with Crippen molar-refractivity contribution in [3.63, 3.8) is 0 Å². The molecule has 0 unspecified atom stereocenters. The third-order valence-corrected chi connectivity index (χ3v) is 2.47. The third kappa shape index (κ3) is 3.58. The minimum absolute atomic E-state index is 0.0329. The van der Waals surface area contributed by atoms with Crippen molar-refractivity contribution in [2.45, 2.75) is 0 Å². The van der Waals surface area contributed by atoms with Gasteiger partial charge in [-0.25, -0.2) is 0 Å². The van der Waals surface area contributed by atoms with Gasteiger partial charge in [-0.2, -0.15) is 0 Å². The summed E-state index contributed by atoms with van der Waals surface area (Å²) in [5.41, 5.74) is 0.0329. The number of nitro benzene ring substituents is 1. The third-order valence-electron chi connectivity index (χ3n) is 2.47. The van der Waals surface area contributed by atoms with Crippen molar-refractivity contribution in [1.29, 1.82) is 0 Å². The van der Waals surface area contributed by atoms with Crippen LogP contribution in [0.1, 0.15) is 0 Å². The Morgan fingerprint density at radius 1 is 1.00 bits per heavy atom. The van der Waals surface area contributed by atoms with E-state index in [9.17, 15) is 10.1 Å². The van der Waals surface area contributed by atoms with E-state index in [1.807, 2.05) is 0 Å². The van der Waals surface area contributed by atoms with Gasteiger partial charge in [0.25, 0.3) is 5.69 Å². The molecule has 0 saturated carbocycles. The maximum Gasteiger partial charge on any atom is 0.269 e. The molecule has 2 aromatic carbocycles. The topological polar surface area (TPSA) is 61.6 Å². The van der Waals surface area contributed by atoms with E-state index in [2.05, 4.69) is 6.58 Å². The van der Waals surface area contributed by atoms with Gasteiger partial charge in [0, 0.05) is 12.1 Å². The van der Waals surface area contributed by atoms with E-state index in [1.165, 1.54) is 12.1 Å². The van der Waals surface area contributed by atoms with Crippen LogP contribution in [0.25, 0.3) is 0 Å². The molecule has 102 valence electrons. The van der Waals surface area contributed by atoms with Crippen molar-refractivity contribution in [2.24, 2.45) is 0 Å². The van der Waals surface area contributed by atoms with Crippen molar-refractivity contribution < 1.29 is 14.4 Å². The number of ether oxygens (including phenoxy) is 2. The van der Waals surface area contributed by atoms with Crippen LogP contribution in [0.3, 0.4) is 0 Å². The Hall–Kier alpha value is -2.82. The fourth-order valence-corrected chi connectivity index (χ4v) is 1.53. The number of rotatable bonds is 6. The molecule has 5 nitrogen and oxygen atoms in total. The number of benzene rings is 2. The summed E-state index contributed by atoms with van der Waals surface area (Å²) in [5.74, 6) is 1.89. The van der Waals surface area contributed by atoms with Gasteiger partial charge in [0.05, 0.1) is 4.92 Å². The molecule has 5 heteroatoms. The monoisotopic (exact) mass is 271 g/mol. The molecule has 0 spiro atoms. The Labute approximate surface area is 116 Å². The zero-order valence-corrected chi connectivity index (χ0v) is 10.7. The van der Waals surface area contributed by atoms with E-state index >= 15 is 0 Å². The van der Waals surface area contributed by atoms with Gasteiger partial charge in [-0.05, 0) is 36.4 Å². The molecule has 0 atom stereocenters. The highest BCUT2D eigenvalue weighted by molar-refractivity contribution is 5.39. The zero-order chi connectivity index (χ0) is 14.4. The second-order valence-corrected chi connectivity index (χ2v) is 3.92. The van der Waals surface area contributed by atoms with Crippen LogP contribution in [0.5, 0.6) is 17.2 Å². The highest BCUT2D eigenvalue weighted by Crippen LogP contribution is 2.25. The normalized spacial score (nSPS) is 9.80. The molecule has 0 N–H and O–H groups in total. The Morgan fingerprint density at radius 2 is 1.50 bits per heavy atom. The lowest BCUT2D eigenvalue weighted by molar-refractivity contribution is -0.384. The molecule has 0 saturated heterocycles. The van der Waals surface area contributed by atoms with Crippen molar-refractivity contribution >= 4 is 5.69 Å². The van der Waals surface area contributed by atoms with Crippen LogP contribution < -0.4 is 9.47 Å². The van der Waals surface area contributed by atoms with Gasteiger partial charge in [-0.15, -0.1) is 0 Å². The van der Waals surface area contributed by atoms with Crippen LogP contribution in [0, 0.1) is 10.1 Å². The van der Waals surface area contributed by atoms with Gasteiger partial charge in [0.2, 0.25) is 0 Å². The van der Waals surface area contributed by atoms with Crippen LogP contribution in [-0.2, 0) is 0 Å². The minimum Gasteiger partial charge on any atom is -0.490 e. The highest BCUT2D eigenvalue weighted by Gasteiger charge is 2.05. The summed E-state index contributed by atoms with van der Waals surface area (Å²) >= 11 is 0. The Balaban J connectivity index is 2.02. The average Bonchev–Trinajstić information content (AvgIpc) is 2.47. The van der Waals surface area contributed by atoms with E-state index < -0.39 is 4.92 Å². The predicted molar refractivity (Wildman–Crippen MR) is 75.3 cm³/mol. The number of nitro groups is 1. The number of non-ortho nitro benzene ring substituents is 1. The molecule has 0 aliphatic heterocycles. The smallest absolute Gasteiger partial charge is 0.269 e. The largest absolute Gasteiger partial charge is 0.490 e. The Morgan fingerprint density at radius 3 is 2.00 bits per heavy atom. The molecule has 2 rings (SSSR count). The van der Waals surface area contributed by atoms with E-state index in [-0.39, 0.29) is 5.69 Å². The van der Waals surface area contributed by atoms with Crippen LogP contribution in [0.4, 0.5) is 5.69 Å². The Bertz CT molecular complexity index is 590. The van der Waals surface area contributed by atoms with Crippen LogP contribution in [0.15, 0.2) is 61.2 Å². The molecule has 0 bridgehead atoms. The molecule has 0 radical (unpaired) electrons. The second kappa shape index (κ2) is 6.38. The summed E-state index contributed by atoms with van der Waals surface area (Å²) in [6.07, 6.45) is 1.67. The van der Waals surface area contributed by atoms with Gasteiger partial charge in [-0.1, -0.05) is 12.7 Å². The first kappa shape index (κ1) is 13.6. The predicted octanol–water partition coefficient (Wildman–Crippen LogP) is 3.95. The quantitative estimate of drug-likeness (QED) is 0.453. The molecule has 0 aromatic heterocycles. The first-order chi connectivity index (χ1) is 9.69. The van der Waals surface area contributed by atoms with Gasteiger partial charge in [-0.3, -0.25) is 10.1 Å². The van der Waals surface area contributed by atoms with E-state index in [0.29, 0.717) is 18.1 Å². The van der Waals surface area contributed by atoms with Crippen molar-refractivity contribution in [2.75, 3.05) is 6.61 Å². The van der Waals surface area contributed by atoms with Gasteiger partial charge in [0.1, 0.15) is 23.9 Å². The zero-order valence-electron chi connectivity index (χ0n) is 10.7. The molecular formula is C15H13NO4. The van der Waals surface area contributed by atoms with Gasteiger partial charge >= 0.3 is 0 Å². The fourth-order valence-electron chi connectivity index (χ4n) is 1.53. The molecule has 20 heavy (non-hydrogen) atoms. The summed E-state index contributed by atoms with van der Waals surface area (Å²) in [5, 5.41) is 10.5. The molecule has 0 aliphatic rings. The lowest BCUT2D eigenvalue weighted by atomic mass is 10.3. The van der Waals surface area contributed by atoms with Crippen molar-refractivity contribution in [1.82, 2.24) is 0 Å². The van der Waals surface area contributed by atoms with Crippen LogP contribution >= 0.6 is 0 Å². The van der Waals surface area contributed by atoms with E-state index in [4.69, 9.17) is 9.47 Å². The average molecular weight is 271 g/mol. The standard InChI is InChI=1S/C15H13NO4/c1-2-11-19-13-7-9-15(10-8-13)20-14-5-3-12(4-6-14)16(17)18/h2-10H,1,11H2. The summed E-state index contributed by atoms with van der Waals surface area (Å²) in [7, 11) is 0. The summed E-state index contributed by atoms with van der Waals surface area (Å²) in [6.45, 7) is 4.02. The van der Waals surface area contributed by atoms with Crippen molar-refractivity contribution in [3.8, 4) is 17.2 Å². The highest BCUT2D eigenvalue weighted by atomic mass is 16.6. The first-order valence-electron chi connectivity index (χ1n) is 5.95. The fraction of sp³-hybridized carbons (Fsp3) is 0.0667. The molecule has 2 aromatic rings. The van der Waals surface area contributed by atoms with Gasteiger partial charge in [0.15, 0.2) is 0 Å². The second-order valence-electron chi connectivity index (χ2n) is 3.92. The number of hydrogen-bond donors (Lipinski definition) is 0. The van der Waals surface area contributed by atoms with Crippen molar-refractivity contribution in [3.05, 3.63) is 71.3 Å². The summed E-state index contributed by atoms with van der Waals surface area (Å²) < 4.78 is 10.9. The Kier molecular flexibility index (Phi) is 4.34. The molecule has 0 amide bonds. The maximum absolute atomic E-state index is 10.5. The molecule has 0 aliphatic carbocycles. The van der Waals surface area contributed by atoms with E-state index in [0.717, 1.165) is 5.75 Å². The minimum atomic E-state index is -0.449. The molecular weight excluding hydrogens is 258 g/mol. The SMILES string of the molecule is C=CCOc1ccc(Oc2ccc([N+](=O)[O-])cc2)cc1. The number of hydrogen-bond acceptors (Lipinski definition) is 4. The first-order valence-corrected chi connectivity index (χ1v) is 5.95. The molecule has 0 fully saturated rings. The van der Waals surface area contributed by atoms with Gasteiger partial charge < -0.3 is 9.47 Å².